The Labute approximate surface area is 198 Å². The zero-order valence-electron chi connectivity index (χ0n) is 18.3. The van der Waals surface area contributed by atoms with Gasteiger partial charge in [0.1, 0.15) is 11.8 Å². The molecule has 0 aromatic carbocycles. The highest BCUT2D eigenvalue weighted by molar-refractivity contribution is 7.99. The van der Waals surface area contributed by atoms with Crippen LogP contribution in [0.25, 0.3) is 11.2 Å². The minimum atomic E-state index is -0.574. The largest absolute Gasteiger partial charge is 0.464 e. The van der Waals surface area contributed by atoms with Crippen molar-refractivity contribution in [2.24, 2.45) is 0 Å². The van der Waals surface area contributed by atoms with Crippen molar-refractivity contribution in [1.82, 2.24) is 30.9 Å². The van der Waals surface area contributed by atoms with Crippen molar-refractivity contribution in [2.75, 3.05) is 19.7 Å². The Morgan fingerprint density at radius 3 is 3.06 bits per heavy atom. The van der Waals surface area contributed by atoms with Gasteiger partial charge in [0.25, 0.3) is 0 Å². The van der Waals surface area contributed by atoms with Gasteiger partial charge >= 0.3 is 5.97 Å². The molecule has 0 radical (unpaired) electrons. The van der Waals surface area contributed by atoms with Crippen LogP contribution < -0.4 is 16.0 Å². The molecule has 174 valence electrons. The van der Waals surface area contributed by atoms with Gasteiger partial charge in [-0.2, -0.15) is 0 Å². The van der Waals surface area contributed by atoms with Gasteiger partial charge in [-0.15, -0.1) is 0 Å². The second kappa shape index (κ2) is 8.33. The highest BCUT2D eigenvalue weighted by Crippen LogP contribution is 2.44. The van der Waals surface area contributed by atoms with E-state index in [4.69, 9.17) is 9.15 Å². The van der Waals surface area contributed by atoms with Gasteiger partial charge < -0.3 is 30.1 Å². The van der Waals surface area contributed by atoms with Crippen molar-refractivity contribution in [1.29, 1.82) is 0 Å². The number of carbonyl (C=O) groups is 2. The number of pyridine rings is 1. The van der Waals surface area contributed by atoms with Gasteiger partial charge in [0.15, 0.2) is 21.7 Å². The van der Waals surface area contributed by atoms with Gasteiger partial charge in [0.2, 0.25) is 0 Å². The number of nitrogens with zero attached hydrogens (tertiary/aromatic N) is 2. The van der Waals surface area contributed by atoms with E-state index >= 15 is 0 Å². The van der Waals surface area contributed by atoms with Crippen molar-refractivity contribution < 1.29 is 18.7 Å². The molecule has 6 heterocycles. The molecule has 3 unspecified atom stereocenters. The third-order valence-electron chi connectivity index (χ3n) is 6.15. The summed E-state index contributed by atoms with van der Waals surface area (Å²) < 4.78 is 11.5. The smallest absolute Gasteiger partial charge is 0.331 e. The number of rotatable bonds is 5. The summed E-state index contributed by atoms with van der Waals surface area (Å²) in [7, 11) is 0. The van der Waals surface area contributed by atoms with Crippen LogP contribution in [-0.4, -0.2) is 58.5 Å². The van der Waals surface area contributed by atoms with Crippen LogP contribution in [-0.2, 0) is 14.3 Å². The molecular weight excluding hydrogens is 456 g/mol. The van der Waals surface area contributed by atoms with E-state index in [2.05, 4.69) is 30.9 Å². The summed E-state index contributed by atoms with van der Waals surface area (Å²) in [5, 5.41) is 11.0. The van der Waals surface area contributed by atoms with Crippen molar-refractivity contribution in [3.63, 3.8) is 0 Å². The number of esters is 1. The Morgan fingerprint density at radius 1 is 1.29 bits per heavy atom. The molecule has 4 N–H and O–H groups in total. The maximum absolute atomic E-state index is 12.9. The van der Waals surface area contributed by atoms with E-state index in [9.17, 15) is 9.59 Å². The average molecular weight is 479 g/mol. The zero-order chi connectivity index (χ0) is 23.2. The number of ether oxygens (including phenoxy) is 1. The number of imidazole rings is 1. The van der Waals surface area contributed by atoms with Crippen LogP contribution in [0, 0.1) is 0 Å². The monoisotopic (exact) mass is 478 g/mol. The number of fused-ring (bicyclic) bond motifs is 2. The van der Waals surface area contributed by atoms with Gasteiger partial charge in [-0.05, 0) is 54.7 Å². The minimum absolute atomic E-state index is 0.00615. The van der Waals surface area contributed by atoms with Crippen LogP contribution in [0.5, 0.6) is 0 Å². The third-order valence-corrected chi connectivity index (χ3v) is 6.95. The summed E-state index contributed by atoms with van der Waals surface area (Å²) in [5.41, 5.74) is 3.83. The summed E-state index contributed by atoms with van der Waals surface area (Å²) in [6.45, 7) is 2.86. The summed E-state index contributed by atoms with van der Waals surface area (Å²) in [5.74, 6) is -0.0806. The molecule has 0 aliphatic carbocycles. The number of ketones is 1. The number of aromatic nitrogens is 3. The van der Waals surface area contributed by atoms with Crippen LogP contribution >= 0.6 is 11.8 Å². The van der Waals surface area contributed by atoms with Crippen molar-refractivity contribution in [2.45, 2.75) is 35.2 Å². The molecule has 11 heteroatoms. The number of hydrogen-bond acceptors (Lipinski definition) is 10. The van der Waals surface area contributed by atoms with E-state index in [0.29, 0.717) is 40.4 Å². The summed E-state index contributed by atoms with van der Waals surface area (Å²) >= 11 is 1.35. The summed E-state index contributed by atoms with van der Waals surface area (Å²) in [6.07, 6.45) is 3.51. The summed E-state index contributed by atoms with van der Waals surface area (Å²) in [6, 6.07) is 6.61. The molecule has 34 heavy (non-hydrogen) atoms. The lowest BCUT2D eigenvalue weighted by molar-refractivity contribution is -0.145. The predicted octanol–water partition coefficient (Wildman–Crippen LogP) is 1.60. The molecule has 0 saturated carbocycles. The van der Waals surface area contributed by atoms with Gasteiger partial charge in [-0.1, -0.05) is 0 Å². The molecule has 3 aliphatic rings. The van der Waals surface area contributed by atoms with E-state index in [1.165, 1.54) is 11.8 Å². The first kappa shape index (κ1) is 21.0. The van der Waals surface area contributed by atoms with Gasteiger partial charge in [0, 0.05) is 24.0 Å². The second-order valence-electron chi connectivity index (χ2n) is 8.19. The van der Waals surface area contributed by atoms with Crippen molar-refractivity contribution in [3.05, 3.63) is 59.3 Å². The zero-order valence-corrected chi connectivity index (χ0v) is 19.1. The number of furan rings is 1. The normalized spacial score (nSPS) is 23.7. The lowest BCUT2D eigenvalue weighted by Gasteiger charge is -2.37. The molecule has 0 amide bonds. The lowest BCUT2D eigenvalue weighted by atomic mass is 9.77. The molecule has 6 rings (SSSR count). The molecule has 0 saturated heterocycles. The topological polar surface area (TPSA) is 134 Å². The predicted molar refractivity (Wildman–Crippen MR) is 123 cm³/mol. The van der Waals surface area contributed by atoms with E-state index in [0.717, 1.165) is 16.8 Å². The van der Waals surface area contributed by atoms with E-state index in [-0.39, 0.29) is 24.3 Å². The molecule has 3 aromatic heterocycles. The molecule has 10 nitrogen and oxygen atoms in total. The molecule has 3 aliphatic heterocycles. The Balaban J connectivity index is 1.34. The Kier molecular flexibility index (Phi) is 5.15. The summed E-state index contributed by atoms with van der Waals surface area (Å²) in [4.78, 5) is 37.5. The first-order chi connectivity index (χ1) is 16.6. The number of H-pyrrole nitrogens is 1. The average Bonchev–Trinajstić information content (AvgIpc) is 3.56. The first-order valence-corrected chi connectivity index (χ1v) is 11.9. The quantitative estimate of drug-likeness (QED) is 0.401. The Hall–Kier alpha value is -3.57. The maximum Gasteiger partial charge on any atom is 0.331 e. The molecule has 0 spiro atoms. The number of nitrogens with one attached hydrogen (secondary N) is 4. The fraction of sp³-hybridized carbons (Fsp3) is 0.304. The molecule has 0 bridgehead atoms. The molecule has 3 aromatic rings. The van der Waals surface area contributed by atoms with Crippen LogP contribution in [0.1, 0.15) is 18.6 Å². The van der Waals surface area contributed by atoms with Crippen LogP contribution in [0.3, 0.4) is 0 Å². The van der Waals surface area contributed by atoms with E-state index < -0.39 is 12.0 Å². The standard InChI is InChI=1S/C23H22N6O4S/c1-2-32-22(31)20-19-11(8-26-20)17(18-13(27-19)9-24-10-14(18)30)15-5-6-16(33-15)34-23-28-12-4-3-7-25-21(12)29-23/h3-8,17,19-20,24,26-27H,2,9-10H2,1H3,(H,25,28,29). The fourth-order valence-electron chi connectivity index (χ4n) is 4.73. The van der Waals surface area contributed by atoms with Crippen LogP contribution in [0.2, 0.25) is 0 Å². The Bertz CT molecular complexity index is 1330. The lowest BCUT2D eigenvalue weighted by Crippen LogP contribution is -2.54. The second-order valence-corrected chi connectivity index (χ2v) is 9.18. The highest BCUT2D eigenvalue weighted by Gasteiger charge is 2.47. The SMILES string of the molecule is CCOC(=O)C1NC=C2C(c3ccc(Sc4nc5ncccc5[nH]4)o3)C3=C(CNCC3=O)NC21. The number of Topliss-reactive ketones (excluding diaryl/α,β-unsaturated/α-hetero) is 1. The molecular formula is C23H22N6O4S. The highest BCUT2D eigenvalue weighted by atomic mass is 32.2. The number of carbonyl (C=O) groups excluding carboxylic acids is 2. The van der Waals surface area contributed by atoms with E-state index in [1.807, 2.05) is 30.5 Å². The third kappa shape index (κ3) is 3.48. The first-order valence-electron chi connectivity index (χ1n) is 11.1. The molecule has 0 fully saturated rings. The molecule has 3 atom stereocenters. The fourth-order valence-corrected chi connectivity index (χ4v) is 5.48. The van der Waals surface area contributed by atoms with Crippen LogP contribution in [0.4, 0.5) is 0 Å². The van der Waals surface area contributed by atoms with Crippen molar-refractivity contribution in [3.8, 4) is 0 Å². The van der Waals surface area contributed by atoms with Crippen LogP contribution in [0.15, 0.2) is 68.2 Å². The van der Waals surface area contributed by atoms with Crippen molar-refractivity contribution >= 4 is 34.7 Å². The Morgan fingerprint density at radius 2 is 2.21 bits per heavy atom. The van der Waals surface area contributed by atoms with Gasteiger partial charge in [-0.3, -0.25) is 4.79 Å². The number of aromatic amines is 1. The van der Waals surface area contributed by atoms with Gasteiger partial charge in [0.05, 0.1) is 30.6 Å². The van der Waals surface area contributed by atoms with Gasteiger partial charge in [-0.25, -0.2) is 14.8 Å². The maximum atomic E-state index is 12.9. The minimum Gasteiger partial charge on any atom is -0.464 e. The number of hydrogen-bond donors (Lipinski definition) is 4. The van der Waals surface area contributed by atoms with E-state index in [1.54, 1.807) is 13.1 Å².